The molecule has 0 saturated heterocycles. The molecule has 0 aliphatic heterocycles. The van der Waals surface area contributed by atoms with Gasteiger partial charge >= 0.3 is 0 Å². The topological polar surface area (TPSA) is 43.7 Å². The van der Waals surface area contributed by atoms with E-state index in [1.165, 1.54) is 0 Å². The molecule has 0 bridgehead atoms. The fourth-order valence-corrected chi connectivity index (χ4v) is 3.43. The molecular weight excluding hydrogens is 288 g/mol. The number of nitrogens with zero attached hydrogens (tertiary/aromatic N) is 3. The number of hydrogen-bond acceptors (Lipinski definition) is 2. The largest absolute Gasteiger partial charge is 0.334 e. The number of benzene rings is 1. The Kier molecular flexibility index (Phi) is 4.22. The van der Waals surface area contributed by atoms with Crippen LogP contribution in [0.3, 0.4) is 0 Å². The van der Waals surface area contributed by atoms with Crippen LogP contribution in [0, 0.1) is 6.92 Å². The molecule has 3 aromatic rings. The van der Waals surface area contributed by atoms with Crippen molar-refractivity contribution in [3.63, 3.8) is 0 Å². The van der Waals surface area contributed by atoms with Gasteiger partial charge in [-0.2, -0.15) is 5.10 Å². The Morgan fingerprint density at radius 2 is 1.83 bits per heavy atom. The number of para-hydroxylation sites is 2. The molecule has 0 amide bonds. The van der Waals surface area contributed by atoms with E-state index in [0.29, 0.717) is 0 Å². The summed E-state index contributed by atoms with van der Waals surface area (Å²) in [7, 11) is 0. The molecule has 122 valence electrons. The number of rotatable bonds is 6. The summed E-state index contributed by atoms with van der Waals surface area (Å²) in [4.78, 5) is 13.7. The zero-order valence-corrected chi connectivity index (χ0v) is 14.4. The van der Waals surface area contributed by atoms with Crippen LogP contribution in [0.5, 0.6) is 0 Å². The maximum atomic E-state index is 12.1. The second-order valence-corrected chi connectivity index (χ2v) is 6.10. The minimum absolute atomic E-state index is 0.0803. The number of nitrogens with one attached hydrogen (secondary N) is 1. The van der Waals surface area contributed by atoms with Crippen molar-refractivity contribution in [2.45, 2.75) is 34.2 Å². The van der Waals surface area contributed by atoms with Crippen molar-refractivity contribution >= 4 is 22.5 Å². The number of aryl methyl sites for hydroxylation is 1. The van der Waals surface area contributed by atoms with Gasteiger partial charge in [0.1, 0.15) is 5.65 Å². The van der Waals surface area contributed by atoms with Crippen LogP contribution in [0.15, 0.2) is 24.3 Å². The van der Waals surface area contributed by atoms with E-state index in [4.69, 9.17) is 0 Å². The average Bonchev–Trinajstić information content (AvgIpc) is 3.02. The monoisotopic (exact) mass is 313 g/mol. The van der Waals surface area contributed by atoms with Crippen LogP contribution in [-0.4, -0.2) is 39.6 Å². The van der Waals surface area contributed by atoms with Gasteiger partial charge in [-0.3, -0.25) is 4.79 Å². The van der Waals surface area contributed by atoms with Crippen LogP contribution >= 0.6 is 0 Å². The standard InChI is InChI=1S/C18H24N4O/c1-5-20(6-2)11-12-21-15-9-7-8-10-16(15)22-18(21)17(14(4)23)13(3)19-22/h7-10H,5-6,11-12H2,1-4H3/p+1. The van der Waals surface area contributed by atoms with E-state index in [9.17, 15) is 4.79 Å². The molecule has 2 aromatic heterocycles. The molecule has 1 N–H and O–H groups in total. The van der Waals surface area contributed by atoms with Crippen molar-refractivity contribution in [1.82, 2.24) is 14.2 Å². The highest BCUT2D eigenvalue weighted by Gasteiger charge is 2.21. The molecule has 0 unspecified atom stereocenters. The van der Waals surface area contributed by atoms with Gasteiger partial charge in [-0.1, -0.05) is 12.1 Å². The second kappa shape index (κ2) is 6.16. The smallest absolute Gasteiger partial charge is 0.165 e. The van der Waals surface area contributed by atoms with Gasteiger partial charge in [-0.25, -0.2) is 4.52 Å². The lowest BCUT2D eigenvalue weighted by molar-refractivity contribution is -0.897. The Morgan fingerprint density at radius 3 is 2.43 bits per heavy atom. The third kappa shape index (κ3) is 2.55. The number of likely N-dealkylation sites (N-methyl/N-ethyl adjacent to an activating group) is 1. The summed E-state index contributed by atoms with van der Waals surface area (Å²) in [6, 6.07) is 8.25. The maximum Gasteiger partial charge on any atom is 0.165 e. The minimum Gasteiger partial charge on any atom is -0.334 e. The van der Waals surface area contributed by atoms with Crippen LogP contribution in [0.1, 0.15) is 36.8 Å². The summed E-state index contributed by atoms with van der Waals surface area (Å²) in [6.07, 6.45) is 0. The molecule has 0 saturated carbocycles. The number of fused-ring (bicyclic) bond motifs is 3. The number of carbonyl (C=O) groups excluding carboxylic acids is 1. The van der Waals surface area contributed by atoms with E-state index >= 15 is 0 Å². The molecule has 23 heavy (non-hydrogen) atoms. The van der Waals surface area contributed by atoms with Gasteiger partial charge < -0.3 is 9.47 Å². The Bertz CT molecular complexity index is 855. The van der Waals surface area contributed by atoms with Crippen molar-refractivity contribution < 1.29 is 9.69 Å². The quantitative estimate of drug-likeness (QED) is 0.704. The van der Waals surface area contributed by atoms with Crippen LogP contribution in [0.4, 0.5) is 0 Å². The van der Waals surface area contributed by atoms with Crippen molar-refractivity contribution in [1.29, 1.82) is 0 Å². The van der Waals surface area contributed by atoms with E-state index in [1.54, 1.807) is 11.8 Å². The first-order valence-corrected chi connectivity index (χ1v) is 8.39. The summed E-state index contributed by atoms with van der Waals surface area (Å²) in [5.41, 5.74) is 4.69. The van der Waals surface area contributed by atoms with Crippen molar-refractivity contribution in [2.75, 3.05) is 19.6 Å². The summed E-state index contributed by atoms with van der Waals surface area (Å²) in [6.45, 7) is 12.1. The van der Waals surface area contributed by atoms with E-state index in [-0.39, 0.29) is 5.78 Å². The lowest BCUT2D eigenvalue weighted by Gasteiger charge is -2.16. The first-order chi connectivity index (χ1) is 11.1. The fourth-order valence-electron chi connectivity index (χ4n) is 3.43. The van der Waals surface area contributed by atoms with Crippen LogP contribution in [-0.2, 0) is 6.54 Å². The average molecular weight is 313 g/mol. The Hall–Kier alpha value is -2.14. The summed E-state index contributed by atoms with van der Waals surface area (Å²) < 4.78 is 4.19. The lowest BCUT2D eigenvalue weighted by atomic mass is 10.2. The van der Waals surface area contributed by atoms with Crippen molar-refractivity contribution in [3.8, 4) is 0 Å². The summed E-state index contributed by atoms with van der Waals surface area (Å²) in [5, 5.41) is 4.62. The first-order valence-electron chi connectivity index (χ1n) is 8.39. The van der Waals surface area contributed by atoms with E-state index in [2.05, 4.69) is 35.6 Å². The molecule has 0 spiro atoms. The highest BCUT2D eigenvalue weighted by Crippen LogP contribution is 2.25. The zero-order valence-electron chi connectivity index (χ0n) is 14.4. The van der Waals surface area contributed by atoms with Crippen LogP contribution in [0.25, 0.3) is 16.7 Å². The zero-order chi connectivity index (χ0) is 16.6. The van der Waals surface area contributed by atoms with Gasteiger partial charge in [0.2, 0.25) is 0 Å². The molecular formula is C18H25N4O+. The fraction of sp³-hybridized carbons (Fsp3) is 0.444. The SMILES string of the molecule is CC[NH+](CC)CCn1c2ccccc2n2nc(C)c(C(C)=O)c12. The molecule has 2 heterocycles. The third-order valence-electron chi connectivity index (χ3n) is 4.73. The molecule has 5 nitrogen and oxygen atoms in total. The van der Waals surface area contributed by atoms with Gasteiger partial charge in [-0.15, -0.1) is 0 Å². The number of aromatic nitrogens is 3. The van der Waals surface area contributed by atoms with Gasteiger partial charge in [0.15, 0.2) is 5.78 Å². The van der Waals surface area contributed by atoms with Crippen LogP contribution in [0.2, 0.25) is 0 Å². The number of Topliss-reactive ketones (excluding diaryl/α,β-unsaturated/α-hetero) is 1. The van der Waals surface area contributed by atoms with Crippen molar-refractivity contribution in [3.05, 3.63) is 35.5 Å². The normalized spacial score (nSPS) is 11.9. The van der Waals surface area contributed by atoms with Crippen molar-refractivity contribution in [2.24, 2.45) is 0 Å². The van der Waals surface area contributed by atoms with Gasteiger partial charge in [0.05, 0.1) is 48.5 Å². The lowest BCUT2D eigenvalue weighted by Crippen LogP contribution is -3.11. The highest BCUT2D eigenvalue weighted by atomic mass is 16.1. The summed E-state index contributed by atoms with van der Waals surface area (Å²) in [5.74, 6) is 0.0803. The Balaban J connectivity index is 2.21. The second-order valence-electron chi connectivity index (χ2n) is 6.10. The Morgan fingerprint density at radius 1 is 1.17 bits per heavy atom. The van der Waals surface area contributed by atoms with Gasteiger partial charge in [0.25, 0.3) is 0 Å². The number of carbonyl (C=O) groups is 1. The number of quaternary nitrogens is 1. The number of hydrogen-bond donors (Lipinski definition) is 1. The molecule has 0 atom stereocenters. The van der Waals surface area contributed by atoms with Gasteiger partial charge in [-0.05, 0) is 39.8 Å². The Labute approximate surface area is 136 Å². The molecule has 0 aliphatic carbocycles. The van der Waals surface area contributed by atoms with E-state index in [0.717, 1.165) is 54.1 Å². The molecule has 0 fully saturated rings. The number of imidazole rings is 1. The third-order valence-corrected chi connectivity index (χ3v) is 4.73. The number of ketones is 1. The molecule has 1 aromatic carbocycles. The predicted molar refractivity (Wildman–Crippen MR) is 92.3 cm³/mol. The summed E-state index contributed by atoms with van der Waals surface area (Å²) >= 11 is 0. The highest BCUT2D eigenvalue weighted by molar-refractivity contribution is 6.03. The molecule has 3 rings (SSSR count). The van der Waals surface area contributed by atoms with Gasteiger partial charge in [0, 0.05) is 0 Å². The maximum absolute atomic E-state index is 12.1. The molecule has 5 heteroatoms. The first kappa shape index (κ1) is 15.7. The van der Waals surface area contributed by atoms with E-state index in [1.807, 2.05) is 23.6 Å². The molecule has 0 aliphatic rings. The molecule has 0 radical (unpaired) electrons. The van der Waals surface area contributed by atoms with E-state index < -0.39 is 0 Å². The van der Waals surface area contributed by atoms with Crippen LogP contribution < -0.4 is 4.90 Å². The predicted octanol–water partition coefficient (Wildman–Crippen LogP) is 1.72. The minimum atomic E-state index is 0.0803.